The van der Waals surface area contributed by atoms with Gasteiger partial charge in [-0.2, -0.15) is 0 Å². The minimum Gasteiger partial charge on any atom is -0.465 e. The fourth-order valence-corrected chi connectivity index (χ4v) is 2.60. The molecule has 3 rings (SSSR count). The molecule has 0 N–H and O–H groups in total. The minimum atomic E-state index is -0.516. The molecule has 0 aliphatic carbocycles. The largest absolute Gasteiger partial charge is 0.465 e. The summed E-state index contributed by atoms with van der Waals surface area (Å²) in [6, 6.07) is 14.0. The first kappa shape index (κ1) is 16.1. The van der Waals surface area contributed by atoms with E-state index in [2.05, 4.69) is 25.7 Å². The molecule has 2 aromatic rings. The van der Waals surface area contributed by atoms with Crippen molar-refractivity contribution in [2.75, 3.05) is 7.11 Å². The van der Waals surface area contributed by atoms with E-state index < -0.39 is 11.9 Å². The van der Waals surface area contributed by atoms with Crippen LogP contribution in [-0.2, 0) is 14.3 Å². The van der Waals surface area contributed by atoms with Crippen molar-refractivity contribution in [3.63, 3.8) is 0 Å². The Bertz CT molecular complexity index is 869. The van der Waals surface area contributed by atoms with Crippen molar-refractivity contribution >= 4 is 39.8 Å². The average Bonchev–Trinajstić information content (AvgIpc) is 2.95. The maximum absolute atomic E-state index is 12.0. The Labute approximate surface area is 146 Å². The van der Waals surface area contributed by atoms with Crippen molar-refractivity contribution in [3.8, 4) is 0 Å². The van der Waals surface area contributed by atoms with Gasteiger partial charge in [-0.25, -0.2) is 14.6 Å². The van der Waals surface area contributed by atoms with Crippen LogP contribution in [0.25, 0.3) is 6.08 Å². The second-order valence-corrected chi connectivity index (χ2v) is 5.78. The molecule has 2 aromatic carbocycles. The van der Waals surface area contributed by atoms with Gasteiger partial charge >= 0.3 is 11.9 Å². The molecular weight excluding hydrogens is 374 g/mol. The lowest BCUT2D eigenvalue weighted by Gasteiger charge is -2.01. The minimum absolute atomic E-state index is 0.201. The molecule has 0 unspecified atom stereocenters. The zero-order valence-corrected chi connectivity index (χ0v) is 14.2. The van der Waals surface area contributed by atoms with Crippen LogP contribution in [0.4, 0.5) is 0 Å². The van der Waals surface area contributed by atoms with Crippen LogP contribution in [0.1, 0.15) is 21.5 Å². The molecule has 0 bridgehead atoms. The average molecular weight is 386 g/mol. The predicted octanol–water partition coefficient (Wildman–Crippen LogP) is 3.58. The Balaban J connectivity index is 1.89. The first-order chi connectivity index (χ1) is 11.6. The standard InChI is InChI=1S/C18H12BrNO4/c1-23-17(21)12-8-6-11(7-9-12)10-15-18(22)24-16(20-15)13-4-2-3-5-14(13)19/h2-10H,1H3. The van der Waals surface area contributed by atoms with Gasteiger partial charge in [-0.05, 0) is 51.8 Å². The maximum Gasteiger partial charge on any atom is 0.363 e. The first-order valence-electron chi connectivity index (χ1n) is 7.04. The summed E-state index contributed by atoms with van der Waals surface area (Å²) in [7, 11) is 1.32. The van der Waals surface area contributed by atoms with Crippen LogP contribution in [0.2, 0.25) is 0 Å². The fraction of sp³-hybridized carbons (Fsp3) is 0.0556. The van der Waals surface area contributed by atoms with Crippen molar-refractivity contribution in [2.45, 2.75) is 0 Å². The molecule has 0 fully saturated rings. The van der Waals surface area contributed by atoms with Crippen LogP contribution < -0.4 is 0 Å². The van der Waals surface area contributed by atoms with Gasteiger partial charge in [-0.3, -0.25) is 0 Å². The van der Waals surface area contributed by atoms with Gasteiger partial charge in [0.25, 0.3) is 0 Å². The molecule has 0 saturated carbocycles. The molecule has 0 atom stereocenters. The molecule has 5 nitrogen and oxygen atoms in total. The van der Waals surface area contributed by atoms with Crippen molar-refractivity contribution in [1.29, 1.82) is 0 Å². The van der Waals surface area contributed by atoms with Crippen molar-refractivity contribution in [1.82, 2.24) is 0 Å². The Hall–Kier alpha value is -2.73. The van der Waals surface area contributed by atoms with Crippen LogP contribution in [-0.4, -0.2) is 24.9 Å². The van der Waals surface area contributed by atoms with E-state index in [0.717, 1.165) is 10.0 Å². The quantitative estimate of drug-likeness (QED) is 0.598. The molecule has 24 heavy (non-hydrogen) atoms. The van der Waals surface area contributed by atoms with E-state index in [1.807, 2.05) is 24.3 Å². The number of benzene rings is 2. The van der Waals surface area contributed by atoms with Crippen molar-refractivity contribution < 1.29 is 19.1 Å². The highest BCUT2D eigenvalue weighted by molar-refractivity contribution is 9.10. The number of hydrogen-bond donors (Lipinski definition) is 0. The number of carbonyl (C=O) groups excluding carboxylic acids is 2. The lowest BCUT2D eigenvalue weighted by Crippen LogP contribution is -2.05. The van der Waals surface area contributed by atoms with E-state index >= 15 is 0 Å². The summed E-state index contributed by atoms with van der Waals surface area (Å²) in [5, 5.41) is 0. The summed E-state index contributed by atoms with van der Waals surface area (Å²) in [5.41, 5.74) is 2.07. The Morgan fingerprint density at radius 2 is 1.88 bits per heavy atom. The molecule has 120 valence electrons. The molecule has 0 aromatic heterocycles. The van der Waals surface area contributed by atoms with Gasteiger partial charge in [0.15, 0.2) is 5.70 Å². The smallest absolute Gasteiger partial charge is 0.363 e. The van der Waals surface area contributed by atoms with Crippen LogP contribution in [0.5, 0.6) is 0 Å². The lowest BCUT2D eigenvalue weighted by molar-refractivity contribution is -0.129. The molecule has 0 amide bonds. The van der Waals surface area contributed by atoms with E-state index in [4.69, 9.17) is 4.74 Å². The fourth-order valence-electron chi connectivity index (χ4n) is 2.15. The van der Waals surface area contributed by atoms with E-state index in [9.17, 15) is 9.59 Å². The van der Waals surface area contributed by atoms with Crippen LogP contribution in [0.15, 0.2) is 63.7 Å². The van der Waals surface area contributed by atoms with Gasteiger partial charge in [0, 0.05) is 4.47 Å². The summed E-state index contributed by atoms with van der Waals surface area (Å²) in [5.74, 6) is -0.675. The van der Waals surface area contributed by atoms with Gasteiger partial charge in [0.2, 0.25) is 5.90 Å². The van der Waals surface area contributed by atoms with Gasteiger partial charge < -0.3 is 9.47 Å². The molecular formula is C18H12BrNO4. The Morgan fingerprint density at radius 3 is 2.54 bits per heavy atom. The topological polar surface area (TPSA) is 65.0 Å². The van der Waals surface area contributed by atoms with E-state index in [1.54, 1.807) is 30.3 Å². The highest BCUT2D eigenvalue weighted by Crippen LogP contribution is 2.24. The molecule has 1 heterocycles. The summed E-state index contributed by atoms with van der Waals surface area (Å²) in [6.07, 6.45) is 1.60. The maximum atomic E-state index is 12.0. The number of rotatable bonds is 3. The number of nitrogens with zero attached hydrogens (tertiary/aromatic N) is 1. The predicted molar refractivity (Wildman–Crippen MR) is 92.5 cm³/mol. The number of esters is 2. The number of aliphatic imine (C=N–C) groups is 1. The number of carbonyl (C=O) groups is 2. The van der Waals surface area contributed by atoms with Gasteiger partial charge in [-0.15, -0.1) is 0 Å². The molecule has 0 radical (unpaired) electrons. The highest BCUT2D eigenvalue weighted by Gasteiger charge is 2.25. The SMILES string of the molecule is COC(=O)c1ccc(C=C2N=C(c3ccccc3Br)OC2=O)cc1. The number of halogens is 1. The second-order valence-electron chi connectivity index (χ2n) is 4.93. The normalized spacial score (nSPS) is 15.2. The van der Waals surface area contributed by atoms with Crippen molar-refractivity contribution in [2.24, 2.45) is 4.99 Å². The Kier molecular flexibility index (Phi) is 4.57. The van der Waals surface area contributed by atoms with E-state index in [-0.39, 0.29) is 11.6 Å². The number of methoxy groups -OCH3 is 1. The van der Waals surface area contributed by atoms with Crippen LogP contribution in [0.3, 0.4) is 0 Å². The summed E-state index contributed by atoms with van der Waals surface area (Å²) in [6.45, 7) is 0. The van der Waals surface area contributed by atoms with E-state index in [1.165, 1.54) is 7.11 Å². The zero-order valence-electron chi connectivity index (χ0n) is 12.7. The number of cyclic esters (lactones) is 1. The molecule has 0 spiro atoms. The highest BCUT2D eigenvalue weighted by atomic mass is 79.9. The van der Waals surface area contributed by atoms with Crippen LogP contribution >= 0.6 is 15.9 Å². The third kappa shape index (κ3) is 3.28. The summed E-state index contributed by atoms with van der Waals surface area (Å²) in [4.78, 5) is 27.7. The summed E-state index contributed by atoms with van der Waals surface area (Å²) < 4.78 is 10.7. The molecule has 6 heteroatoms. The van der Waals surface area contributed by atoms with Gasteiger partial charge in [0.05, 0.1) is 18.2 Å². The van der Waals surface area contributed by atoms with E-state index in [0.29, 0.717) is 11.1 Å². The van der Waals surface area contributed by atoms with Gasteiger partial charge in [-0.1, -0.05) is 24.3 Å². The number of ether oxygens (including phenoxy) is 2. The lowest BCUT2D eigenvalue weighted by atomic mass is 10.1. The molecule has 1 aliphatic heterocycles. The number of hydrogen-bond acceptors (Lipinski definition) is 5. The monoisotopic (exact) mass is 385 g/mol. The summed E-state index contributed by atoms with van der Waals surface area (Å²) >= 11 is 3.41. The first-order valence-corrected chi connectivity index (χ1v) is 7.83. The third-order valence-electron chi connectivity index (χ3n) is 3.36. The molecule has 1 aliphatic rings. The van der Waals surface area contributed by atoms with Gasteiger partial charge in [0.1, 0.15) is 0 Å². The second kappa shape index (κ2) is 6.80. The third-order valence-corrected chi connectivity index (χ3v) is 4.05. The van der Waals surface area contributed by atoms with Crippen LogP contribution in [0, 0.1) is 0 Å². The zero-order chi connectivity index (χ0) is 17.1. The molecule has 0 saturated heterocycles. The Morgan fingerprint density at radius 1 is 1.17 bits per heavy atom. The van der Waals surface area contributed by atoms with Crippen molar-refractivity contribution in [3.05, 3.63) is 75.4 Å².